The van der Waals surface area contributed by atoms with E-state index in [4.69, 9.17) is 9.26 Å². The summed E-state index contributed by atoms with van der Waals surface area (Å²) in [5.41, 5.74) is 0. The molecule has 5 nitrogen and oxygen atoms in total. The van der Waals surface area contributed by atoms with Gasteiger partial charge in [-0.15, -0.1) is 0 Å². The molecule has 0 spiro atoms. The van der Waals surface area contributed by atoms with Crippen LogP contribution in [-0.4, -0.2) is 41.3 Å². The lowest BCUT2D eigenvalue weighted by Crippen LogP contribution is -2.33. The minimum absolute atomic E-state index is 0.0434. The highest BCUT2D eigenvalue weighted by molar-refractivity contribution is 7.99. The van der Waals surface area contributed by atoms with Gasteiger partial charge in [0.1, 0.15) is 6.10 Å². The van der Waals surface area contributed by atoms with E-state index < -0.39 is 0 Å². The Balaban J connectivity index is 1.58. The van der Waals surface area contributed by atoms with Gasteiger partial charge in [0.2, 0.25) is 11.7 Å². The van der Waals surface area contributed by atoms with Crippen molar-refractivity contribution in [2.24, 2.45) is 5.92 Å². The smallest absolute Gasteiger partial charge is 0.227 e. The second-order valence-electron chi connectivity index (χ2n) is 4.87. The number of hydrogen-bond donors (Lipinski definition) is 1. The van der Waals surface area contributed by atoms with Crippen LogP contribution in [0.3, 0.4) is 0 Å². The van der Waals surface area contributed by atoms with E-state index in [0.29, 0.717) is 18.3 Å². The van der Waals surface area contributed by atoms with Gasteiger partial charge in [-0.2, -0.15) is 16.7 Å². The van der Waals surface area contributed by atoms with Crippen LogP contribution in [-0.2, 0) is 11.2 Å². The topological polar surface area (TPSA) is 60.2 Å². The van der Waals surface area contributed by atoms with E-state index in [9.17, 15) is 0 Å². The van der Waals surface area contributed by atoms with Crippen molar-refractivity contribution in [3.8, 4) is 0 Å². The van der Waals surface area contributed by atoms with Gasteiger partial charge in [-0.1, -0.05) is 5.16 Å². The van der Waals surface area contributed by atoms with E-state index in [1.807, 2.05) is 11.8 Å². The van der Waals surface area contributed by atoms with Crippen molar-refractivity contribution in [2.45, 2.75) is 25.4 Å². The van der Waals surface area contributed by atoms with E-state index in [1.165, 1.54) is 24.3 Å². The molecule has 0 saturated carbocycles. The Hall–Kier alpha value is -0.590. The summed E-state index contributed by atoms with van der Waals surface area (Å²) in [7, 11) is 0. The largest absolute Gasteiger partial charge is 0.367 e. The van der Waals surface area contributed by atoms with Crippen molar-refractivity contribution < 1.29 is 9.26 Å². The summed E-state index contributed by atoms with van der Waals surface area (Å²) in [6.45, 7) is 2.40. The summed E-state index contributed by atoms with van der Waals surface area (Å²) in [6.07, 6.45) is 3.42. The lowest BCUT2D eigenvalue weighted by molar-refractivity contribution is 0.0208. The van der Waals surface area contributed by atoms with E-state index in [2.05, 4.69) is 15.5 Å². The highest BCUT2D eigenvalue weighted by Crippen LogP contribution is 2.26. The van der Waals surface area contributed by atoms with Gasteiger partial charge in [0.25, 0.3) is 0 Å². The molecule has 6 heteroatoms. The number of hydrogen-bond acceptors (Lipinski definition) is 6. The minimum atomic E-state index is -0.0434. The maximum atomic E-state index is 5.62. The third kappa shape index (κ3) is 3.05. The Morgan fingerprint density at radius 2 is 2.22 bits per heavy atom. The molecule has 1 N–H and O–H groups in total. The molecule has 0 aromatic carbocycles. The Bertz CT molecular complexity index is 373. The molecular formula is C12H19N3O2S. The maximum absolute atomic E-state index is 5.62. The molecule has 2 aliphatic rings. The molecule has 100 valence electrons. The molecule has 1 aromatic heterocycles. The van der Waals surface area contributed by atoms with Crippen LogP contribution < -0.4 is 5.32 Å². The lowest BCUT2D eigenvalue weighted by Gasteiger charge is -2.20. The number of ether oxygens (including phenoxy) is 1. The van der Waals surface area contributed by atoms with E-state index >= 15 is 0 Å². The van der Waals surface area contributed by atoms with Crippen molar-refractivity contribution in [2.75, 3.05) is 31.2 Å². The predicted octanol–water partition coefficient (Wildman–Crippen LogP) is 1.42. The molecule has 0 radical (unpaired) electrons. The molecule has 3 heterocycles. The first kappa shape index (κ1) is 12.4. The Morgan fingerprint density at radius 3 is 3.00 bits per heavy atom. The monoisotopic (exact) mass is 269 g/mol. The third-order valence-corrected chi connectivity index (χ3v) is 4.55. The Labute approximate surface area is 111 Å². The van der Waals surface area contributed by atoms with Crippen molar-refractivity contribution in [1.82, 2.24) is 15.5 Å². The summed E-state index contributed by atoms with van der Waals surface area (Å²) < 4.78 is 11.0. The van der Waals surface area contributed by atoms with Gasteiger partial charge < -0.3 is 14.6 Å². The van der Waals surface area contributed by atoms with Crippen LogP contribution in [0.2, 0.25) is 0 Å². The zero-order chi connectivity index (χ0) is 12.2. The first-order chi connectivity index (χ1) is 8.92. The van der Waals surface area contributed by atoms with Gasteiger partial charge in [-0.05, 0) is 30.3 Å². The molecule has 0 amide bonds. The van der Waals surface area contributed by atoms with Crippen molar-refractivity contribution >= 4 is 11.8 Å². The Morgan fingerprint density at radius 1 is 1.33 bits per heavy atom. The molecule has 2 fully saturated rings. The average Bonchev–Trinajstić information content (AvgIpc) is 2.89. The molecule has 2 saturated heterocycles. The number of nitrogens with one attached hydrogen (secondary N) is 1. The van der Waals surface area contributed by atoms with Crippen LogP contribution >= 0.6 is 11.8 Å². The fraction of sp³-hybridized carbons (Fsp3) is 0.833. The standard InChI is InChI=1S/C12H19N3O2S/c1-5-18-6-2-9(1)7-11-14-12(15-17-11)10-8-13-3-4-16-10/h9-10,13H,1-8H2. The zero-order valence-electron chi connectivity index (χ0n) is 10.4. The molecule has 0 aliphatic carbocycles. The highest BCUT2D eigenvalue weighted by atomic mass is 32.2. The molecule has 1 atom stereocenters. The third-order valence-electron chi connectivity index (χ3n) is 3.50. The number of morpholine rings is 1. The van der Waals surface area contributed by atoms with Crippen molar-refractivity contribution in [1.29, 1.82) is 0 Å². The fourth-order valence-corrected chi connectivity index (χ4v) is 3.61. The number of aromatic nitrogens is 2. The number of thioether (sulfide) groups is 1. The van der Waals surface area contributed by atoms with E-state index in [0.717, 1.165) is 25.4 Å². The first-order valence-corrected chi connectivity index (χ1v) is 7.80. The summed E-state index contributed by atoms with van der Waals surface area (Å²) in [5, 5.41) is 7.32. The summed E-state index contributed by atoms with van der Waals surface area (Å²) >= 11 is 2.04. The predicted molar refractivity (Wildman–Crippen MR) is 69.6 cm³/mol. The summed E-state index contributed by atoms with van der Waals surface area (Å²) in [4.78, 5) is 4.48. The van der Waals surface area contributed by atoms with Gasteiger partial charge in [0, 0.05) is 19.5 Å². The highest BCUT2D eigenvalue weighted by Gasteiger charge is 2.23. The van der Waals surface area contributed by atoms with Crippen molar-refractivity contribution in [3.63, 3.8) is 0 Å². The van der Waals surface area contributed by atoms with Crippen LogP contribution in [0.1, 0.15) is 30.7 Å². The van der Waals surface area contributed by atoms with Gasteiger partial charge in [-0.3, -0.25) is 0 Å². The molecule has 2 aliphatic heterocycles. The van der Waals surface area contributed by atoms with E-state index in [1.54, 1.807) is 0 Å². The van der Waals surface area contributed by atoms with E-state index in [-0.39, 0.29) is 6.10 Å². The molecule has 3 rings (SSSR count). The van der Waals surface area contributed by atoms with Crippen LogP contribution in [0.4, 0.5) is 0 Å². The normalized spacial score (nSPS) is 26.3. The van der Waals surface area contributed by atoms with Crippen LogP contribution in [0.25, 0.3) is 0 Å². The summed E-state index contributed by atoms with van der Waals surface area (Å²) in [5.74, 6) is 4.71. The van der Waals surface area contributed by atoms with Crippen LogP contribution in [0.5, 0.6) is 0 Å². The molecular weight excluding hydrogens is 250 g/mol. The van der Waals surface area contributed by atoms with Gasteiger partial charge >= 0.3 is 0 Å². The number of rotatable bonds is 3. The van der Waals surface area contributed by atoms with Gasteiger partial charge in [0.15, 0.2) is 0 Å². The Kier molecular flexibility index (Phi) is 4.17. The van der Waals surface area contributed by atoms with Crippen molar-refractivity contribution in [3.05, 3.63) is 11.7 Å². The van der Waals surface area contributed by atoms with Crippen LogP contribution in [0, 0.1) is 5.92 Å². The van der Waals surface area contributed by atoms with Gasteiger partial charge in [-0.25, -0.2) is 0 Å². The zero-order valence-corrected chi connectivity index (χ0v) is 11.2. The first-order valence-electron chi connectivity index (χ1n) is 6.64. The second kappa shape index (κ2) is 6.04. The quantitative estimate of drug-likeness (QED) is 0.895. The summed E-state index contributed by atoms with van der Waals surface area (Å²) in [6, 6.07) is 0. The molecule has 0 bridgehead atoms. The lowest BCUT2D eigenvalue weighted by atomic mass is 9.99. The fourth-order valence-electron chi connectivity index (χ4n) is 2.41. The maximum Gasteiger partial charge on any atom is 0.227 e. The average molecular weight is 269 g/mol. The second-order valence-corrected chi connectivity index (χ2v) is 6.09. The molecule has 1 unspecified atom stereocenters. The SMILES string of the molecule is C1COC(c2noc(CC3CCSCC3)n2)CN1. The minimum Gasteiger partial charge on any atom is -0.367 e. The van der Waals surface area contributed by atoms with Gasteiger partial charge in [0.05, 0.1) is 6.61 Å². The number of nitrogens with zero attached hydrogens (tertiary/aromatic N) is 2. The molecule has 18 heavy (non-hydrogen) atoms. The molecule has 1 aromatic rings. The van der Waals surface area contributed by atoms with Crippen LogP contribution in [0.15, 0.2) is 4.52 Å².